The molecule has 1 aromatic heterocycles. The Hall–Kier alpha value is -2.60. The number of fused-ring (bicyclic) bond motifs is 6. The number of benzene rings is 1. The summed E-state index contributed by atoms with van der Waals surface area (Å²) >= 11 is 0. The predicted octanol–water partition coefficient (Wildman–Crippen LogP) is 4.12. The molecular formula is C26H32N4O2. The molecule has 1 aromatic carbocycles. The third-order valence-corrected chi connectivity index (χ3v) is 8.17. The standard InChI is InChI=1S/C26H32N4O2/c1-32-21-9-7-17(8-10-21)24-22(15-27-28-24)26(31)30-12-4-5-18-13-19-14-20(25(18)30)16-29-11-3-2-6-23(19)29/h7-10,13,15,19-20,23,25H,2-6,11-12,14,16H2,1H3,(H,27,28)/t19-,20+,23+,25-/m1/s1. The highest BCUT2D eigenvalue weighted by Gasteiger charge is 2.47. The Bertz CT molecular complexity index is 1030. The quantitative estimate of drug-likeness (QED) is 0.741. The molecule has 168 valence electrons. The summed E-state index contributed by atoms with van der Waals surface area (Å²) in [5, 5.41) is 7.32. The van der Waals surface area contributed by atoms with E-state index in [1.54, 1.807) is 13.3 Å². The number of aromatic amines is 1. The Morgan fingerprint density at radius 1 is 1.16 bits per heavy atom. The number of nitrogens with zero attached hydrogens (tertiary/aromatic N) is 3. The molecule has 6 heteroatoms. The first kappa shape index (κ1) is 20.0. The van der Waals surface area contributed by atoms with Gasteiger partial charge in [-0.1, -0.05) is 18.1 Å². The van der Waals surface area contributed by atoms with Gasteiger partial charge in [-0.2, -0.15) is 5.10 Å². The minimum Gasteiger partial charge on any atom is -0.497 e. The second kappa shape index (κ2) is 8.07. The number of methoxy groups -OCH3 is 1. The zero-order valence-corrected chi connectivity index (χ0v) is 18.8. The molecule has 3 saturated heterocycles. The molecule has 2 aromatic rings. The van der Waals surface area contributed by atoms with Crippen LogP contribution in [0, 0.1) is 11.8 Å². The third-order valence-electron chi connectivity index (χ3n) is 8.17. The number of amides is 1. The summed E-state index contributed by atoms with van der Waals surface area (Å²) in [5.41, 5.74) is 3.94. The molecule has 0 spiro atoms. The fraction of sp³-hybridized carbons (Fsp3) is 0.538. The van der Waals surface area contributed by atoms with Gasteiger partial charge in [0, 0.05) is 24.7 Å². The smallest absolute Gasteiger partial charge is 0.258 e. The first-order chi connectivity index (χ1) is 15.7. The summed E-state index contributed by atoms with van der Waals surface area (Å²) in [6.45, 7) is 3.20. The zero-order valence-electron chi connectivity index (χ0n) is 18.8. The van der Waals surface area contributed by atoms with Crippen LogP contribution in [0.3, 0.4) is 0 Å². The molecule has 4 heterocycles. The number of rotatable bonds is 3. The van der Waals surface area contributed by atoms with E-state index in [2.05, 4.69) is 26.1 Å². The van der Waals surface area contributed by atoms with Gasteiger partial charge in [0.15, 0.2) is 0 Å². The topological polar surface area (TPSA) is 61.5 Å². The van der Waals surface area contributed by atoms with E-state index in [1.165, 1.54) is 37.8 Å². The van der Waals surface area contributed by atoms with E-state index in [0.29, 0.717) is 17.4 Å². The van der Waals surface area contributed by atoms with E-state index in [-0.39, 0.29) is 11.9 Å². The zero-order chi connectivity index (χ0) is 21.7. The summed E-state index contributed by atoms with van der Waals surface area (Å²) in [6, 6.07) is 8.78. The van der Waals surface area contributed by atoms with E-state index in [1.807, 2.05) is 24.3 Å². The number of hydrogen-bond acceptors (Lipinski definition) is 4. The maximum atomic E-state index is 13.9. The van der Waals surface area contributed by atoms with Crippen molar-refractivity contribution in [1.82, 2.24) is 20.0 Å². The van der Waals surface area contributed by atoms with Gasteiger partial charge in [-0.3, -0.25) is 14.8 Å². The van der Waals surface area contributed by atoms with Crippen LogP contribution in [0.1, 0.15) is 48.9 Å². The molecule has 6 rings (SSSR count). The molecule has 0 radical (unpaired) electrons. The van der Waals surface area contributed by atoms with Crippen molar-refractivity contribution in [1.29, 1.82) is 0 Å². The van der Waals surface area contributed by atoms with Crippen LogP contribution in [0.5, 0.6) is 5.75 Å². The third kappa shape index (κ3) is 3.27. The fourth-order valence-electron chi connectivity index (χ4n) is 6.78. The van der Waals surface area contributed by atoms with Crippen molar-refractivity contribution in [3.05, 3.63) is 47.7 Å². The van der Waals surface area contributed by atoms with Crippen LogP contribution in [0.2, 0.25) is 0 Å². The number of nitrogens with one attached hydrogen (secondary N) is 1. The Balaban J connectivity index is 1.31. The molecule has 32 heavy (non-hydrogen) atoms. The molecule has 0 saturated carbocycles. The summed E-state index contributed by atoms with van der Waals surface area (Å²) < 4.78 is 5.28. The van der Waals surface area contributed by atoms with E-state index < -0.39 is 0 Å². The van der Waals surface area contributed by atoms with Crippen LogP contribution >= 0.6 is 0 Å². The number of aromatic nitrogens is 2. The van der Waals surface area contributed by atoms with Crippen molar-refractivity contribution in [2.45, 2.75) is 50.6 Å². The monoisotopic (exact) mass is 432 g/mol. The van der Waals surface area contributed by atoms with Crippen molar-refractivity contribution in [3.8, 4) is 17.0 Å². The van der Waals surface area contributed by atoms with E-state index in [9.17, 15) is 4.79 Å². The maximum absolute atomic E-state index is 13.9. The van der Waals surface area contributed by atoms with Crippen molar-refractivity contribution in [2.24, 2.45) is 11.8 Å². The molecule has 4 aliphatic rings. The van der Waals surface area contributed by atoms with Gasteiger partial charge >= 0.3 is 0 Å². The first-order valence-electron chi connectivity index (χ1n) is 12.2. The normalized spacial score (nSPS) is 29.7. The number of hydrogen-bond donors (Lipinski definition) is 1. The average molecular weight is 433 g/mol. The lowest BCUT2D eigenvalue weighted by atomic mass is 9.68. The summed E-state index contributed by atoms with van der Waals surface area (Å²) in [5.74, 6) is 2.14. The average Bonchev–Trinajstić information content (AvgIpc) is 3.33. The molecule has 1 amide bonds. The van der Waals surface area contributed by atoms with Gasteiger partial charge in [0.2, 0.25) is 0 Å². The molecule has 1 N–H and O–H groups in total. The Morgan fingerprint density at radius 2 is 2.03 bits per heavy atom. The van der Waals surface area contributed by atoms with E-state index in [4.69, 9.17) is 4.74 Å². The van der Waals surface area contributed by atoms with Gasteiger partial charge in [0.1, 0.15) is 5.75 Å². The largest absolute Gasteiger partial charge is 0.497 e. The second-order valence-electron chi connectivity index (χ2n) is 9.89. The molecule has 4 atom stereocenters. The Kier molecular flexibility index (Phi) is 5.05. The maximum Gasteiger partial charge on any atom is 0.258 e. The van der Waals surface area contributed by atoms with Crippen LogP contribution in [0.15, 0.2) is 42.1 Å². The van der Waals surface area contributed by atoms with Crippen molar-refractivity contribution in [3.63, 3.8) is 0 Å². The van der Waals surface area contributed by atoms with Gasteiger partial charge in [-0.25, -0.2) is 0 Å². The number of carbonyl (C=O) groups excluding carboxylic acids is 1. The molecule has 3 fully saturated rings. The van der Waals surface area contributed by atoms with E-state index >= 15 is 0 Å². The number of H-pyrrole nitrogens is 1. The fourth-order valence-corrected chi connectivity index (χ4v) is 6.78. The van der Waals surface area contributed by atoms with Crippen LogP contribution in [0.25, 0.3) is 11.3 Å². The van der Waals surface area contributed by atoms with Gasteiger partial charge in [-0.15, -0.1) is 0 Å². The Morgan fingerprint density at radius 3 is 2.88 bits per heavy atom. The van der Waals surface area contributed by atoms with Crippen molar-refractivity contribution >= 4 is 5.91 Å². The Labute approximate surface area is 189 Å². The SMILES string of the molecule is COc1ccc(-c2[nH]ncc2C(=O)N2CCCC3=C[C@@H]4C[C@@H](CN5CCCC[C@@H]45)[C@@H]32)cc1. The molecule has 3 aliphatic heterocycles. The van der Waals surface area contributed by atoms with Crippen LogP contribution < -0.4 is 4.74 Å². The highest BCUT2D eigenvalue weighted by atomic mass is 16.5. The number of likely N-dealkylation sites (tertiary alicyclic amines) is 1. The first-order valence-corrected chi connectivity index (χ1v) is 12.2. The van der Waals surface area contributed by atoms with E-state index in [0.717, 1.165) is 49.0 Å². The minimum absolute atomic E-state index is 0.111. The number of carbonyl (C=O) groups is 1. The van der Waals surface area contributed by atoms with Crippen molar-refractivity contribution in [2.75, 3.05) is 26.7 Å². The van der Waals surface area contributed by atoms with Crippen LogP contribution in [0.4, 0.5) is 0 Å². The number of ether oxygens (including phenoxy) is 1. The molecule has 2 bridgehead atoms. The summed E-state index contributed by atoms with van der Waals surface area (Å²) in [4.78, 5) is 18.8. The summed E-state index contributed by atoms with van der Waals surface area (Å²) in [6.07, 6.45) is 11.7. The predicted molar refractivity (Wildman–Crippen MR) is 124 cm³/mol. The van der Waals surface area contributed by atoms with Gasteiger partial charge in [0.05, 0.1) is 30.6 Å². The van der Waals surface area contributed by atoms with Gasteiger partial charge in [0.25, 0.3) is 5.91 Å². The summed E-state index contributed by atoms with van der Waals surface area (Å²) in [7, 11) is 1.66. The molecule has 1 aliphatic carbocycles. The molecule has 6 nitrogen and oxygen atoms in total. The minimum atomic E-state index is 0.111. The molecular weight excluding hydrogens is 400 g/mol. The van der Waals surface area contributed by atoms with Crippen LogP contribution in [-0.2, 0) is 0 Å². The number of piperidine rings is 3. The lowest BCUT2D eigenvalue weighted by Crippen LogP contribution is -2.60. The van der Waals surface area contributed by atoms with Crippen molar-refractivity contribution < 1.29 is 9.53 Å². The highest BCUT2D eigenvalue weighted by molar-refractivity contribution is 6.00. The lowest BCUT2D eigenvalue weighted by molar-refractivity contribution is 0.00150. The van der Waals surface area contributed by atoms with Gasteiger partial charge < -0.3 is 9.64 Å². The van der Waals surface area contributed by atoms with Gasteiger partial charge in [-0.05, 0) is 74.8 Å². The molecule has 0 unspecified atom stereocenters. The second-order valence-corrected chi connectivity index (χ2v) is 9.89. The highest BCUT2D eigenvalue weighted by Crippen LogP contribution is 2.45. The lowest BCUT2D eigenvalue weighted by Gasteiger charge is -2.54. The van der Waals surface area contributed by atoms with Crippen LogP contribution in [-0.4, -0.2) is 64.7 Å².